The van der Waals surface area contributed by atoms with Crippen LogP contribution in [-0.2, 0) is 0 Å². The van der Waals surface area contributed by atoms with Gasteiger partial charge in [-0.25, -0.2) is 4.39 Å². The van der Waals surface area contributed by atoms with Gasteiger partial charge in [0, 0.05) is 10.9 Å². The molecule has 1 aromatic carbocycles. The molecule has 5 heteroatoms. The van der Waals surface area contributed by atoms with E-state index in [1.807, 2.05) is 12.1 Å². The largest absolute Gasteiger partial charge is 0.489 e. The number of fused-ring (bicyclic) bond motifs is 1. The summed E-state index contributed by atoms with van der Waals surface area (Å²) < 4.78 is 19.4. The second kappa shape index (κ2) is 4.20. The number of anilines is 1. The van der Waals surface area contributed by atoms with Crippen LogP contribution in [0.4, 0.5) is 10.1 Å². The third-order valence-corrected chi connectivity index (χ3v) is 3.96. The predicted molar refractivity (Wildman–Crippen MR) is 67.6 cm³/mol. The van der Waals surface area contributed by atoms with E-state index >= 15 is 0 Å². The molecule has 17 heavy (non-hydrogen) atoms. The predicted octanol–water partition coefficient (Wildman–Crippen LogP) is 4.09. The van der Waals surface area contributed by atoms with E-state index in [4.69, 9.17) is 16.3 Å². The molecule has 2 heterocycles. The van der Waals surface area contributed by atoms with Crippen LogP contribution in [0.1, 0.15) is 10.9 Å². The number of thiophene rings is 1. The zero-order valence-corrected chi connectivity index (χ0v) is 10.3. The normalized spacial score (nSPS) is 18.1. The van der Waals surface area contributed by atoms with Crippen molar-refractivity contribution in [3.05, 3.63) is 45.4 Å². The molecule has 2 aromatic rings. The second-order valence-corrected chi connectivity index (χ2v) is 5.54. The van der Waals surface area contributed by atoms with Gasteiger partial charge >= 0.3 is 0 Å². The van der Waals surface area contributed by atoms with Crippen LogP contribution in [0.3, 0.4) is 0 Å². The van der Waals surface area contributed by atoms with Gasteiger partial charge in [0.2, 0.25) is 0 Å². The van der Waals surface area contributed by atoms with E-state index in [2.05, 4.69) is 5.32 Å². The summed E-state index contributed by atoms with van der Waals surface area (Å²) in [5.74, 6) is 0.412. The van der Waals surface area contributed by atoms with E-state index in [0.717, 1.165) is 9.21 Å². The van der Waals surface area contributed by atoms with Crippen LogP contribution in [0, 0.1) is 5.82 Å². The van der Waals surface area contributed by atoms with Crippen molar-refractivity contribution in [2.24, 2.45) is 0 Å². The summed E-state index contributed by atoms with van der Waals surface area (Å²) in [5.41, 5.74) is 0.686. The fourth-order valence-corrected chi connectivity index (χ4v) is 2.91. The Bertz CT molecular complexity index is 557. The van der Waals surface area contributed by atoms with Crippen molar-refractivity contribution in [1.29, 1.82) is 0 Å². The zero-order chi connectivity index (χ0) is 11.8. The molecule has 88 valence electrons. The Kier molecular flexibility index (Phi) is 2.68. The fraction of sp³-hybridized carbons (Fsp3) is 0.167. The van der Waals surface area contributed by atoms with Gasteiger partial charge in [-0.2, -0.15) is 0 Å². The number of halogens is 2. The minimum Gasteiger partial charge on any atom is -0.489 e. The molecule has 0 radical (unpaired) electrons. The van der Waals surface area contributed by atoms with Gasteiger partial charge in [0.15, 0.2) is 0 Å². The van der Waals surface area contributed by atoms with E-state index in [1.165, 1.54) is 23.5 Å². The molecule has 1 unspecified atom stereocenters. The molecule has 0 saturated carbocycles. The lowest BCUT2D eigenvalue weighted by molar-refractivity contribution is 0.287. The molecule has 1 aromatic heterocycles. The molecule has 0 aliphatic carbocycles. The number of nitrogens with one attached hydrogen (secondary N) is 1. The van der Waals surface area contributed by atoms with Crippen molar-refractivity contribution >= 4 is 28.6 Å². The van der Waals surface area contributed by atoms with Crippen LogP contribution in [0.2, 0.25) is 4.34 Å². The summed E-state index contributed by atoms with van der Waals surface area (Å²) in [4.78, 5) is 1.09. The number of benzene rings is 1. The van der Waals surface area contributed by atoms with Gasteiger partial charge in [-0.15, -0.1) is 11.3 Å². The molecule has 1 aliphatic rings. The minimum atomic E-state index is -0.273. The Balaban J connectivity index is 1.89. The lowest BCUT2D eigenvalue weighted by atomic mass is 10.2. The molecule has 1 atom stereocenters. The summed E-state index contributed by atoms with van der Waals surface area (Å²) in [6, 6.07) is 8.30. The van der Waals surface area contributed by atoms with Gasteiger partial charge in [-0.05, 0) is 24.3 Å². The summed E-state index contributed by atoms with van der Waals surface area (Å²) in [7, 11) is 0. The van der Waals surface area contributed by atoms with Gasteiger partial charge in [-0.1, -0.05) is 11.6 Å². The van der Waals surface area contributed by atoms with Crippen LogP contribution >= 0.6 is 22.9 Å². The molecule has 1 N–H and O–H groups in total. The summed E-state index contributed by atoms with van der Waals surface area (Å²) >= 11 is 7.40. The molecule has 0 bridgehead atoms. The van der Waals surface area contributed by atoms with Gasteiger partial charge in [-0.3, -0.25) is 0 Å². The number of hydrogen-bond donors (Lipinski definition) is 1. The van der Waals surface area contributed by atoms with E-state index < -0.39 is 0 Å². The van der Waals surface area contributed by atoms with Crippen molar-refractivity contribution in [3.63, 3.8) is 0 Å². The van der Waals surface area contributed by atoms with Crippen molar-refractivity contribution in [2.45, 2.75) is 6.04 Å². The van der Waals surface area contributed by atoms with Gasteiger partial charge < -0.3 is 10.1 Å². The lowest BCUT2D eigenvalue weighted by Crippen LogP contribution is -2.23. The van der Waals surface area contributed by atoms with Gasteiger partial charge in [0.25, 0.3) is 0 Å². The Morgan fingerprint density at radius 2 is 2.24 bits per heavy atom. The summed E-state index contributed by atoms with van der Waals surface area (Å²) in [5, 5.41) is 3.25. The second-order valence-electron chi connectivity index (χ2n) is 3.79. The van der Waals surface area contributed by atoms with Crippen molar-refractivity contribution in [3.8, 4) is 5.75 Å². The third-order valence-electron chi connectivity index (χ3n) is 2.61. The number of ether oxygens (including phenoxy) is 1. The van der Waals surface area contributed by atoms with E-state index in [0.29, 0.717) is 18.0 Å². The summed E-state index contributed by atoms with van der Waals surface area (Å²) in [6.45, 7) is 0.523. The smallest absolute Gasteiger partial charge is 0.142 e. The van der Waals surface area contributed by atoms with Crippen LogP contribution < -0.4 is 10.1 Å². The average Bonchev–Trinajstić information content (AvgIpc) is 2.75. The first-order valence-electron chi connectivity index (χ1n) is 5.16. The summed E-state index contributed by atoms with van der Waals surface area (Å²) in [6.07, 6.45) is 0. The Morgan fingerprint density at radius 1 is 1.35 bits per heavy atom. The highest BCUT2D eigenvalue weighted by atomic mass is 35.5. The lowest BCUT2D eigenvalue weighted by Gasteiger charge is -2.26. The molecule has 0 saturated heterocycles. The highest BCUT2D eigenvalue weighted by Gasteiger charge is 2.21. The molecule has 2 nitrogen and oxygen atoms in total. The number of rotatable bonds is 1. The van der Waals surface area contributed by atoms with Gasteiger partial charge in [0.1, 0.15) is 18.2 Å². The molecule has 0 amide bonds. The van der Waals surface area contributed by atoms with Crippen molar-refractivity contribution in [1.82, 2.24) is 0 Å². The Labute approximate surface area is 107 Å². The molecule has 0 fully saturated rings. The van der Waals surface area contributed by atoms with E-state index in [9.17, 15) is 4.39 Å². The van der Waals surface area contributed by atoms with Crippen LogP contribution in [0.25, 0.3) is 0 Å². The maximum absolute atomic E-state index is 13.1. The minimum absolute atomic E-state index is 0.0294. The SMILES string of the molecule is Fc1ccc2c(c1)NC(c1ccc(Cl)s1)CO2. The maximum Gasteiger partial charge on any atom is 0.142 e. The molecular weight excluding hydrogens is 261 g/mol. The van der Waals surface area contributed by atoms with Crippen molar-refractivity contribution < 1.29 is 9.13 Å². The Hall–Kier alpha value is -1.26. The third kappa shape index (κ3) is 2.10. The first-order valence-corrected chi connectivity index (χ1v) is 6.36. The first-order chi connectivity index (χ1) is 8.22. The number of hydrogen-bond acceptors (Lipinski definition) is 3. The maximum atomic E-state index is 13.1. The monoisotopic (exact) mass is 269 g/mol. The van der Waals surface area contributed by atoms with Gasteiger partial charge in [0.05, 0.1) is 16.1 Å². The molecule has 1 aliphatic heterocycles. The molecular formula is C12H9ClFNOS. The molecule has 3 rings (SSSR count). The van der Waals surface area contributed by atoms with E-state index in [-0.39, 0.29) is 11.9 Å². The topological polar surface area (TPSA) is 21.3 Å². The standard InChI is InChI=1S/C12H9ClFNOS/c13-12-4-3-11(17-12)9-6-16-10-2-1-7(14)5-8(10)15-9/h1-5,9,15H,6H2. The van der Waals surface area contributed by atoms with Crippen molar-refractivity contribution in [2.75, 3.05) is 11.9 Å². The average molecular weight is 270 g/mol. The quantitative estimate of drug-likeness (QED) is 0.842. The molecule has 0 spiro atoms. The van der Waals surface area contributed by atoms with Crippen LogP contribution in [0.5, 0.6) is 5.75 Å². The Morgan fingerprint density at radius 3 is 3.00 bits per heavy atom. The highest BCUT2D eigenvalue weighted by Crippen LogP contribution is 2.36. The van der Waals surface area contributed by atoms with Crippen LogP contribution in [0.15, 0.2) is 30.3 Å². The zero-order valence-electron chi connectivity index (χ0n) is 8.74. The van der Waals surface area contributed by atoms with Crippen LogP contribution in [-0.4, -0.2) is 6.61 Å². The highest BCUT2D eigenvalue weighted by molar-refractivity contribution is 7.16. The van der Waals surface area contributed by atoms with E-state index in [1.54, 1.807) is 6.07 Å². The first kappa shape index (κ1) is 10.9. The fourth-order valence-electron chi connectivity index (χ4n) is 1.81.